The smallest absolute Gasteiger partial charge is 0.116 e. The van der Waals surface area contributed by atoms with Gasteiger partial charge in [0.25, 0.3) is 0 Å². The Kier molecular flexibility index (Phi) is 2.37. The minimum atomic E-state index is -0.749. The summed E-state index contributed by atoms with van der Waals surface area (Å²) in [6.45, 7) is 0.405. The van der Waals surface area contributed by atoms with Crippen LogP contribution in [0.1, 0.15) is 17.0 Å². The van der Waals surface area contributed by atoms with Crippen molar-refractivity contribution < 1.29 is 4.21 Å². The quantitative estimate of drug-likeness (QED) is 0.673. The SMILES string of the molecule is NCc1ncnc2c1CS(=O)CC2. The summed E-state index contributed by atoms with van der Waals surface area (Å²) in [5, 5.41) is 0. The lowest BCUT2D eigenvalue weighted by Gasteiger charge is -2.15. The highest BCUT2D eigenvalue weighted by molar-refractivity contribution is 7.84. The van der Waals surface area contributed by atoms with Crippen LogP contribution in [0.25, 0.3) is 0 Å². The van der Waals surface area contributed by atoms with Gasteiger partial charge in [-0.15, -0.1) is 0 Å². The van der Waals surface area contributed by atoms with Gasteiger partial charge >= 0.3 is 0 Å². The van der Waals surface area contributed by atoms with Crippen LogP contribution < -0.4 is 5.73 Å². The van der Waals surface area contributed by atoms with Crippen molar-refractivity contribution in [2.24, 2.45) is 5.73 Å². The average Bonchev–Trinajstić information content (AvgIpc) is 2.17. The molecule has 5 heteroatoms. The molecule has 0 saturated heterocycles. The van der Waals surface area contributed by atoms with Crippen LogP contribution in [0.3, 0.4) is 0 Å². The first kappa shape index (κ1) is 8.77. The van der Waals surface area contributed by atoms with Crippen LogP contribution >= 0.6 is 0 Å². The van der Waals surface area contributed by atoms with E-state index in [1.165, 1.54) is 6.33 Å². The summed E-state index contributed by atoms with van der Waals surface area (Å²) in [5.41, 5.74) is 8.41. The number of hydrogen-bond acceptors (Lipinski definition) is 4. The van der Waals surface area contributed by atoms with Crippen molar-refractivity contribution in [2.45, 2.75) is 18.7 Å². The highest BCUT2D eigenvalue weighted by Crippen LogP contribution is 2.18. The molecular weight excluding hydrogens is 186 g/mol. The van der Waals surface area contributed by atoms with E-state index < -0.39 is 10.8 Å². The Balaban J connectivity index is 2.46. The van der Waals surface area contributed by atoms with Gasteiger partial charge in [0, 0.05) is 40.8 Å². The maximum absolute atomic E-state index is 11.3. The third-order valence-electron chi connectivity index (χ3n) is 2.19. The number of nitrogens with two attached hydrogens (primary N) is 1. The number of fused-ring (bicyclic) bond motifs is 1. The fourth-order valence-corrected chi connectivity index (χ4v) is 2.71. The lowest BCUT2D eigenvalue weighted by molar-refractivity contribution is 0.677. The Labute approximate surface area is 79.0 Å². The van der Waals surface area contributed by atoms with Gasteiger partial charge in [-0.1, -0.05) is 0 Å². The van der Waals surface area contributed by atoms with Crippen molar-refractivity contribution >= 4 is 10.8 Å². The predicted molar refractivity (Wildman–Crippen MR) is 50.3 cm³/mol. The van der Waals surface area contributed by atoms with Crippen LogP contribution in [0.2, 0.25) is 0 Å². The maximum Gasteiger partial charge on any atom is 0.116 e. The van der Waals surface area contributed by atoms with Crippen LogP contribution in [-0.4, -0.2) is 19.9 Å². The summed E-state index contributed by atoms with van der Waals surface area (Å²) < 4.78 is 11.3. The van der Waals surface area contributed by atoms with E-state index >= 15 is 0 Å². The lowest BCUT2D eigenvalue weighted by atomic mass is 10.1. The van der Waals surface area contributed by atoms with E-state index in [4.69, 9.17) is 5.73 Å². The number of aryl methyl sites for hydroxylation is 1. The van der Waals surface area contributed by atoms with Crippen molar-refractivity contribution in [3.05, 3.63) is 23.3 Å². The molecule has 1 atom stereocenters. The molecule has 2 N–H and O–H groups in total. The summed E-state index contributed by atoms with van der Waals surface area (Å²) in [4.78, 5) is 8.24. The summed E-state index contributed by atoms with van der Waals surface area (Å²) in [7, 11) is -0.749. The van der Waals surface area contributed by atoms with Crippen LogP contribution in [0.15, 0.2) is 6.33 Å². The maximum atomic E-state index is 11.3. The lowest BCUT2D eigenvalue weighted by Crippen LogP contribution is -2.19. The average molecular weight is 197 g/mol. The molecule has 0 bridgehead atoms. The highest BCUT2D eigenvalue weighted by atomic mass is 32.2. The molecule has 1 aromatic heterocycles. The van der Waals surface area contributed by atoms with Gasteiger partial charge < -0.3 is 5.73 Å². The molecule has 1 unspecified atom stereocenters. The van der Waals surface area contributed by atoms with Crippen LogP contribution in [0.4, 0.5) is 0 Å². The second-order valence-corrected chi connectivity index (χ2v) is 4.56. The fourth-order valence-electron chi connectivity index (χ4n) is 1.49. The third kappa shape index (κ3) is 1.62. The number of hydrogen-bond donors (Lipinski definition) is 1. The molecule has 0 spiro atoms. The van der Waals surface area contributed by atoms with E-state index in [1.807, 2.05) is 0 Å². The molecule has 2 rings (SSSR count). The monoisotopic (exact) mass is 197 g/mol. The number of nitrogens with zero attached hydrogens (tertiary/aromatic N) is 2. The molecule has 1 aliphatic heterocycles. The zero-order valence-corrected chi connectivity index (χ0v) is 8.01. The molecule has 1 aromatic rings. The van der Waals surface area contributed by atoms with E-state index in [2.05, 4.69) is 9.97 Å². The standard InChI is InChI=1S/C8H11N3OS/c9-3-8-6-4-13(12)2-1-7(6)10-5-11-8/h5H,1-4,9H2. The normalized spacial score (nSPS) is 21.2. The van der Waals surface area contributed by atoms with E-state index in [-0.39, 0.29) is 0 Å². The first-order chi connectivity index (χ1) is 6.31. The second kappa shape index (κ2) is 3.51. The van der Waals surface area contributed by atoms with Crippen molar-refractivity contribution in [1.29, 1.82) is 0 Å². The molecular formula is C8H11N3OS. The van der Waals surface area contributed by atoms with Gasteiger partial charge in [0.15, 0.2) is 0 Å². The summed E-state index contributed by atoms with van der Waals surface area (Å²) in [6.07, 6.45) is 2.33. The minimum absolute atomic E-state index is 0.405. The van der Waals surface area contributed by atoms with Crippen molar-refractivity contribution in [3.8, 4) is 0 Å². The molecule has 0 aliphatic carbocycles. The van der Waals surface area contributed by atoms with Crippen molar-refractivity contribution in [3.63, 3.8) is 0 Å². The Morgan fingerprint density at radius 3 is 3.15 bits per heavy atom. The number of rotatable bonds is 1. The van der Waals surface area contributed by atoms with E-state index in [0.29, 0.717) is 18.1 Å². The topological polar surface area (TPSA) is 68.9 Å². The predicted octanol–water partition coefficient (Wildman–Crippen LogP) is -0.260. The van der Waals surface area contributed by atoms with Crippen molar-refractivity contribution in [2.75, 3.05) is 5.75 Å². The molecule has 0 saturated carbocycles. The third-order valence-corrected chi connectivity index (χ3v) is 3.46. The summed E-state index contributed by atoms with van der Waals surface area (Å²) in [5.74, 6) is 1.29. The highest BCUT2D eigenvalue weighted by Gasteiger charge is 2.18. The minimum Gasteiger partial charge on any atom is -0.325 e. The molecule has 13 heavy (non-hydrogen) atoms. The Bertz CT molecular complexity index is 339. The van der Waals surface area contributed by atoms with Gasteiger partial charge in [0.05, 0.1) is 11.4 Å². The van der Waals surface area contributed by atoms with E-state index in [1.54, 1.807) is 0 Å². The van der Waals surface area contributed by atoms with Gasteiger partial charge in [-0.25, -0.2) is 9.97 Å². The zero-order valence-electron chi connectivity index (χ0n) is 7.19. The van der Waals surface area contributed by atoms with Crippen molar-refractivity contribution in [1.82, 2.24) is 9.97 Å². The van der Waals surface area contributed by atoms with Gasteiger partial charge in [-0.3, -0.25) is 4.21 Å². The molecule has 0 radical (unpaired) electrons. The zero-order chi connectivity index (χ0) is 9.26. The molecule has 2 heterocycles. The fraction of sp³-hybridized carbons (Fsp3) is 0.500. The summed E-state index contributed by atoms with van der Waals surface area (Å²) >= 11 is 0. The van der Waals surface area contributed by atoms with Gasteiger partial charge in [-0.05, 0) is 0 Å². The van der Waals surface area contributed by atoms with Gasteiger partial charge in [0.2, 0.25) is 0 Å². The van der Waals surface area contributed by atoms with Crippen LogP contribution in [0, 0.1) is 0 Å². The molecule has 0 amide bonds. The van der Waals surface area contributed by atoms with Gasteiger partial charge in [0.1, 0.15) is 6.33 Å². The number of aromatic nitrogens is 2. The Hall–Kier alpha value is -0.810. The Morgan fingerprint density at radius 1 is 1.54 bits per heavy atom. The van der Waals surface area contributed by atoms with E-state index in [9.17, 15) is 4.21 Å². The van der Waals surface area contributed by atoms with Gasteiger partial charge in [-0.2, -0.15) is 0 Å². The van der Waals surface area contributed by atoms with Crippen LogP contribution in [0.5, 0.6) is 0 Å². The first-order valence-corrected chi connectivity index (χ1v) is 5.66. The van der Waals surface area contributed by atoms with E-state index in [0.717, 1.165) is 23.4 Å². The molecule has 0 aromatic carbocycles. The summed E-state index contributed by atoms with van der Waals surface area (Å²) in [6, 6.07) is 0. The largest absolute Gasteiger partial charge is 0.325 e. The second-order valence-electron chi connectivity index (χ2n) is 2.99. The Morgan fingerprint density at radius 2 is 2.38 bits per heavy atom. The molecule has 0 fully saturated rings. The molecule has 4 nitrogen and oxygen atoms in total. The first-order valence-electron chi connectivity index (χ1n) is 4.18. The molecule has 70 valence electrons. The van der Waals surface area contributed by atoms with Crippen LogP contribution in [-0.2, 0) is 29.5 Å². The molecule has 1 aliphatic rings.